The molecule has 0 aromatic rings. The average molecular weight is 262 g/mol. The number of likely N-dealkylation sites (tertiary alicyclic amines) is 2. The van der Waals surface area contributed by atoms with Crippen LogP contribution in [-0.4, -0.2) is 47.9 Å². The lowest BCUT2D eigenvalue weighted by molar-refractivity contribution is -0.135. The van der Waals surface area contributed by atoms with E-state index in [2.05, 4.69) is 16.4 Å². The van der Waals surface area contributed by atoms with E-state index in [1.165, 1.54) is 32.1 Å². The van der Waals surface area contributed by atoms with E-state index in [-0.39, 0.29) is 6.04 Å². The van der Waals surface area contributed by atoms with Crippen LogP contribution in [0.3, 0.4) is 0 Å². The van der Waals surface area contributed by atoms with Gasteiger partial charge >= 0.3 is 0 Å². The van der Waals surface area contributed by atoms with Crippen molar-refractivity contribution in [3.8, 4) is 0 Å². The summed E-state index contributed by atoms with van der Waals surface area (Å²) in [5.41, 5.74) is 0.498. The summed E-state index contributed by atoms with van der Waals surface area (Å²) >= 11 is 0. The number of rotatable bonds is 3. The van der Waals surface area contributed by atoms with Crippen LogP contribution in [0, 0.1) is 5.41 Å². The summed E-state index contributed by atoms with van der Waals surface area (Å²) in [6, 6.07) is 0.134. The van der Waals surface area contributed by atoms with E-state index in [1.807, 2.05) is 6.08 Å². The van der Waals surface area contributed by atoms with Gasteiger partial charge in [-0.05, 0) is 44.1 Å². The van der Waals surface area contributed by atoms with Crippen LogP contribution >= 0.6 is 0 Å². The Kier molecular flexibility index (Phi) is 3.66. The van der Waals surface area contributed by atoms with Crippen molar-refractivity contribution in [1.82, 2.24) is 9.80 Å². The first-order valence-corrected chi connectivity index (χ1v) is 7.88. The Balaban J connectivity index is 1.63. The van der Waals surface area contributed by atoms with Gasteiger partial charge in [0.15, 0.2) is 0 Å². The lowest BCUT2D eigenvalue weighted by atomic mass is 9.86. The van der Waals surface area contributed by atoms with E-state index in [0.717, 1.165) is 39.0 Å². The Morgan fingerprint density at radius 3 is 2.74 bits per heavy atom. The number of nitrogens with zero attached hydrogens (tertiary/aromatic N) is 2. The van der Waals surface area contributed by atoms with Gasteiger partial charge in [-0.25, -0.2) is 0 Å². The number of carbonyl (C=O) groups excluding carboxylic acids is 1. The Hall–Kier alpha value is -0.830. The summed E-state index contributed by atoms with van der Waals surface area (Å²) in [7, 11) is 0. The van der Waals surface area contributed by atoms with E-state index in [1.54, 1.807) is 0 Å². The van der Waals surface area contributed by atoms with E-state index in [9.17, 15) is 4.79 Å². The molecule has 0 radical (unpaired) electrons. The summed E-state index contributed by atoms with van der Waals surface area (Å²) in [4.78, 5) is 17.2. The van der Waals surface area contributed by atoms with Gasteiger partial charge in [0.1, 0.15) is 0 Å². The fourth-order valence-corrected chi connectivity index (χ4v) is 4.36. The van der Waals surface area contributed by atoms with E-state index < -0.39 is 0 Å². The van der Waals surface area contributed by atoms with Crippen LogP contribution < -0.4 is 0 Å². The van der Waals surface area contributed by atoms with Gasteiger partial charge in [0.05, 0.1) is 6.04 Å². The van der Waals surface area contributed by atoms with Crippen LogP contribution in [0.1, 0.15) is 44.9 Å². The van der Waals surface area contributed by atoms with Gasteiger partial charge in [0, 0.05) is 19.6 Å². The van der Waals surface area contributed by atoms with Crippen molar-refractivity contribution in [2.24, 2.45) is 5.41 Å². The molecule has 1 saturated carbocycles. The SMILES string of the molecule is C=CCN1CCC[C@H]1C(=O)N1CCC2(CCCC2)C1. The molecule has 3 nitrogen and oxygen atoms in total. The van der Waals surface area contributed by atoms with E-state index >= 15 is 0 Å². The molecule has 106 valence electrons. The second-order valence-electron chi connectivity index (χ2n) is 6.66. The molecule has 2 heterocycles. The molecular formula is C16H26N2O. The number of hydrogen-bond donors (Lipinski definition) is 0. The van der Waals surface area contributed by atoms with Crippen LogP contribution in [0.25, 0.3) is 0 Å². The molecule has 0 unspecified atom stereocenters. The topological polar surface area (TPSA) is 23.6 Å². The summed E-state index contributed by atoms with van der Waals surface area (Å²) in [6.45, 7) is 7.75. The minimum Gasteiger partial charge on any atom is -0.341 e. The smallest absolute Gasteiger partial charge is 0.239 e. The predicted octanol–water partition coefficient (Wildman–Crippen LogP) is 2.43. The molecule has 2 saturated heterocycles. The van der Waals surface area contributed by atoms with Crippen molar-refractivity contribution < 1.29 is 4.79 Å². The number of hydrogen-bond acceptors (Lipinski definition) is 2. The van der Waals surface area contributed by atoms with Gasteiger partial charge in [-0.3, -0.25) is 9.69 Å². The highest BCUT2D eigenvalue weighted by molar-refractivity contribution is 5.82. The Morgan fingerprint density at radius 1 is 1.21 bits per heavy atom. The Morgan fingerprint density at radius 2 is 2.00 bits per heavy atom. The molecule has 0 aromatic heterocycles. The van der Waals surface area contributed by atoms with Gasteiger partial charge in [-0.15, -0.1) is 6.58 Å². The highest BCUT2D eigenvalue weighted by Gasteiger charge is 2.44. The monoisotopic (exact) mass is 262 g/mol. The number of carbonyl (C=O) groups is 1. The van der Waals surface area contributed by atoms with Crippen molar-refractivity contribution in [2.45, 2.75) is 51.0 Å². The lowest BCUT2D eigenvalue weighted by Crippen LogP contribution is -2.45. The molecule has 2 aliphatic heterocycles. The standard InChI is InChI=1S/C16H26N2O/c1-2-10-17-11-5-6-14(17)15(19)18-12-9-16(13-18)7-3-4-8-16/h2,14H,1,3-13H2/t14-/m0/s1. The fourth-order valence-electron chi connectivity index (χ4n) is 4.36. The van der Waals surface area contributed by atoms with Crippen molar-refractivity contribution in [1.29, 1.82) is 0 Å². The molecule has 3 heteroatoms. The molecule has 1 aliphatic carbocycles. The molecular weight excluding hydrogens is 236 g/mol. The molecule has 3 rings (SSSR count). The zero-order valence-corrected chi connectivity index (χ0v) is 11.9. The molecule has 3 aliphatic rings. The van der Waals surface area contributed by atoms with E-state index in [4.69, 9.17) is 0 Å². The zero-order chi connectivity index (χ0) is 13.3. The molecule has 1 amide bonds. The van der Waals surface area contributed by atoms with Crippen molar-refractivity contribution in [2.75, 3.05) is 26.2 Å². The summed E-state index contributed by atoms with van der Waals surface area (Å²) in [5, 5.41) is 0. The van der Waals surface area contributed by atoms with Gasteiger partial charge < -0.3 is 4.90 Å². The van der Waals surface area contributed by atoms with Crippen molar-refractivity contribution in [3.63, 3.8) is 0 Å². The van der Waals surface area contributed by atoms with Gasteiger partial charge in [-0.1, -0.05) is 18.9 Å². The molecule has 0 aromatic carbocycles. The van der Waals surface area contributed by atoms with Crippen LogP contribution in [0.5, 0.6) is 0 Å². The minimum absolute atomic E-state index is 0.134. The Bertz CT molecular complexity index is 360. The average Bonchev–Trinajstić information content (AvgIpc) is 3.13. The van der Waals surface area contributed by atoms with E-state index in [0.29, 0.717) is 11.3 Å². The first kappa shape index (κ1) is 13.2. The van der Waals surface area contributed by atoms with Gasteiger partial charge in [0.2, 0.25) is 5.91 Å². The van der Waals surface area contributed by atoms with Crippen LogP contribution in [0.15, 0.2) is 12.7 Å². The maximum atomic E-state index is 12.7. The largest absolute Gasteiger partial charge is 0.341 e. The third-order valence-electron chi connectivity index (χ3n) is 5.43. The third-order valence-corrected chi connectivity index (χ3v) is 5.43. The first-order valence-electron chi connectivity index (χ1n) is 7.88. The molecule has 0 N–H and O–H groups in total. The third kappa shape index (κ3) is 2.45. The van der Waals surface area contributed by atoms with Gasteiger partial charge in [-0.2, -0.15) is 0 Å². The zero-order valence-electron chi connectivity index (χ0n) is 11.9. The van der Waals surface area contributed by atoms with Crippen LogP contribution in [0.2, 0.25) is 0 Å². The molecule has 19 heavy (non-hydrogen) atoms. The molecule has 3 fully saturated rings. The van der Waals surface area contributed by atoms with Crippen LogP contribution in [0.4, 0.5) is 0 Å². The first-order chi connectivity index (χ1) is 9.24. The Labute approximate surface area is 116 Å². The fraction of sp³-hybridized carbons (Fsp3) is 0.812. The lowest BCUT2D eigenvalue weighted by Gasteiger charge is -2.28. The maximum Gasteiger partial charge on any atom is 0.239 e. The summed E-state index contributed by atoms with van der Waals surface area (Å²) < 4.78 is 0. The second kappa shape index (κ2) is 5.28. The molecule has 1 spiro atoms. The minimum atomic E-state index is 0.134. The number of amides is 1. The molecule has 1 atom stereocenters. The van der Waals surface area contributed by atoms with Crippen LogP contribution in [-0.2, 0) is 4.79 Å². The second-order valence-corrected chi connectivity index (χ2v) is 6.66. The summed E-state index contributed by atoms with van der Waals surface area (Å²) in [5.74, 6) is 0.392. The van der Waals surface area contributed by atoms with Gasteiger partial charge in [0.25, 0.3) is 0 Å². The van der Waals surface area contributed by atoms with Crippen molar-refractivity contribution in [3.05, 3.63) is 12.7 Å². The predicted molar refractivity (Wildman–Crippen MR) is 76.9 cm³/mol. The summed E-state index contributed by atoms with van der Waals surface area (Å²) in [6.07, 6.45) is 10.8. The van der Waals surface area contributed by atoms with Crippen molar-refractivity contribution >= 4 is 5.91 Å². The highest BCUT2D eigenvalue weighted by atomic mass is 16.2. The normalized spacial score (nSPS) is 30.3. The maximum absolute atomic E-state index is 12.7. The highest BCUT2D eigenvalue weighted by Crippen LogP contribution is 2.45. The quantitative estimate of drug-likeness (QED) is 0.729. The molecule has 0 bridgehead atoms.